The lowest BCUT2D eigenvalue weighted by molar-refractivity contribution is 0.314. The van der Waals surface area contributed by atoms with Crippen molar-refractivity contribution in [2.24, 2.45) is 10.2 Å². The van der Waals surface area contributed by atoms with E-state index in [0.717, 1.165) is 18.4 Å². The Balaban J connectivity index is 1.98. The second-order valence-electron chi connectivity index (χ2n) is 5.55. The van der Waals surface area contributed by atoms with Gasteiger partial charge in [0, 0.05) is 5.56 Å². The van der Waals surface area contributed by atoms with Crippen LogP contribution in [-0.4, -0.2) is 19.0 Å². The third kappa shape index (κ3) is 5.62. The summed E-state index contributed by atoms with van der Waals surface area (Å²) in [5.41, 5.74) is 2.15. The first-order valence-electron chi connectivity index (χ1n) is 8.53. The first-order chi connectivity index (χ1) is 12.7. The molecule has 0 spiro atoms. The van der Waals surface area contributed by atoms with Crippen molar-refractivity contribution < 1.29 is 13.5 Å². The van der Waals surface area contributed by atoms with E-state index in [1.807, 2.05) is 37.3 Å². The van der Waals surface area contributed by atoms with Crippen molar-refractivity contribution in [2.45, 2.75) is 26.7 Å². The van der Waals surface area contributed by atoms with Gasteiger partial charge >= 0.3 is 0 Å². The van der Waals surface area contributed by atoms with Gasteiger partial charge in [0.2, 0.25) is 5.82 Å². The van der Waals surface area contributed by atoms with Crippen LogP contribution in [0.2, 0.25) is 0 Å². The van der Waals surface area contributed by atoms with Gasteiger partial charge in [0.25, 0.3) is 0 Å². The molecule has 0 saturated carbocycles. The molecule has 0 saturated heterocycles. The zero-order chi connectivity index (χ0) is 18.8. The quantitative estimate of drug-likeness (QED) is 0.358. The third-order valence-electron chi connectivity index (χ3n) is 3.66. The van der Waals surface area contributed by atoms with E-state index in [9.17, 15) is 8.78 Å². The molecule has 2 aromatic carbocycles. The standard InChI is InChI=1S/C21H22F2N2O/c1-3-5-6-7-16-8-10-17(11-9-16)14-24-25-15-18-12-13-19(26-4-2)21(23)20(18)22/h3,5,8-15H,4,6-7H2,1-2H3/b5-3+,24-14?,25-15?. The van der Waals surface area contributed by atoms with Crippen molar-refractivity contribution in [2.75, 3.05) is 6.61 Å². The molecule has 0 bridgehead atoms. The van der Waals surface area contributed by atoms with Gasteiger partial charge in [-0.15, -0.1) is 0 Å². The minimum atomic E-state index is -1.02. The average Bonchev–Trinajstić information content (AvgIpc) is 2.65. The number of allylic oxidation sites excluding steroid dienone is 2. The molecule has 0 radical (unpaired) electrons. The van der Waals surface area contributed by atoms with Gasteiger partial charge in [-0.05, 0) is 49.9 Å². The summed E-state index contributed by atoms with van der Waals surface area (Å²) in [5.74, 6) is -2.13. The predicted octanol–water partition coefficient (Wildman–Crippen LogP) is 5.33. The summed E-state index contributed by atoms with van der Waals surface area (Å²) in [6.07, 6.45) is 8.91. The molecule has 0 amide bonds. The smallest absolute Gasteiger partial charge is 0.201 e. The van der Waals surface area contributed by atoms with Gasteiger partial charge in [0.15, 0.2) is 11.6 Å². The first kappa shape index (κ1) is 19.5. The monoisotopic (exact) mass is 356 g/mol. The van der Waals surface area contributed by atoms with Crippen molar-refractivity contribution in [1.29, 1.82) is 0 Å². The molecule has 136 valence electrons. The van der Waals surface area contributed by atoms with Gasteiger partial charge in [-0.3, -0.25) is 0 Å². The Hall–Kier alpha value is -2.82. The van der Waals surface area contributed by atoms with Crippen LogP contribution >= 0.6 is 0 Å². The normalized spacial score (nSPS) is 11.8. The predicted molar refractivity (Wildman–Crippen MR) is 102 cm³/mol. The minimum absolute atomic E-state index is 0.0161. The van der Waals surface area contributed by atoms with Crippen LogP contribution in [-0.2, 0) is 6.42 Å². The van der Waals surface area contributed by atoms with Crippen LogP contribution in [0, 0.1) is 11.6 Å². The molecule has 3 nitrogen and oxygen atoms in total. The van der Waals surface area contributed by atoms with E-state index in [-0.39, 0.29) is 17.9 Å². The largest absolute Gasteiger partial charge is 0.491 e. The lowest BCUT2D eigenvalue weighted by atomic mass is 10.1. The molecule has 0 aromatic heterocycles. The fourth-order valence-electron chi connectivity index (χ4n) is 2.30. The van der Waals surface area contributed by atoms with Crippen LogP contribution < -0.4 is 4.74 Å². The molecule has 0 aliphatic rings. The Bertz CT molecular complexity index is 796. The molecule has 2 rings (SSSR count). The van der Waals surface area contributed by atoms with Crippen molar-refractivity contribution in [3.63, 3.8) is 0 Å². The van der Waals surface area contributed by atoms with Crippen LogP contribution in [0.25, 0.3) is 0 Å². The summed E-state index contributed by atoms with van der Waals surface area (Å²) in [7, 11) is 0. The number of benzene rings is 2. The number of aryl methyl sites for hydroxylation is 1. The molecular formula is C21H22F2N2O. The number of hydrogen-bond donors (Lipinski definition) is 0. The molecule has 5 heteroatoms. The minimum Gasteiger partial charge on any atom is -0.491 e. The molecule has 0 atom stereocenters. The Labute approximate surface area is 152 Å². The van der Waals surface area contributed by atoms with E-state index in [1.54, 1.807) is 13.1 Å². The maximum atomic E-state index is 13.9. The molecule has 2 aromatic rings. The Morgan fingerprint density at radius 2 is 1.69 bits per heavy atom. The molecule has 26 heavy (non-hydrogen) atoms. The number of nitrogens with zero attached hydrogens (tertiary/aromatic N) is 2. The van der Waals surface area contributed by atoms with Gasteiger partial charge in [-0.2, -0.15) is 14.6 Å². The number of rotatable bonds is 8. The molecule has 0 unspecified atom stereocenters. The van der Waals surface area contributed by atoms with E-state index in [0.29, 0.717) is 0 Å². The summed E-state index contributed by atoms with van der Waals surface area (Å²) >= 11 is 0. The van der Waals surface area contributed by atoms with E-state index in [1.165, 1.54) is 23.9 Å². The molecule has 0 N–H and O–H groups in total. The summed E-state index contributed by atoms with van der Waals surface area (Å²) in [5, 5.41) is 7.67. The van der Waals surface area contributed by atoms with Crippen LogP contribution in [0.4, 0.5) is 8.78 Å². The number of halogens is 2. The SMILES string of the molecule is C/C=C/CCc1ccc(C=NN=Cc2ccc(OCC)c(F)c2F)cc1. The van der Waals surface area contributed by atoms with E-state index < -0.39 is 11.6 Å². The van der Waals surface area contributed by atoms with E-state index in [2.05, 4.69) is 16.3 Å². The zero-order valence-corrected chi connectivity index (χ0v) is 15.0. The fraction of sp³-hybridized carbons (Fsp3) is 0.238. The first-order valence-corrected chi connectivity index (χ1v) is 8.53. The van der Waals surface area contributed by atoms with Gasteiger partial charge in [-0.1, -0.05) is 36.4 Å². The lowest BCUT2D eigenvalue weighted by Crippen LogP contribution is -2.00. The Morgan fingerprint density at radius 3 is 2.38 bits per heavy atom. The van der Waals surface area contributed by atoms with Crippen LogP contribution in [0.3, 0.4) is 0 Å². The highest BCUT2D eigenvalue weighted by atomic mass is 19.2. The molecule has 0 fully saturated rings. The second-order valence-corrected chi connectivity index (χ2v) is 5.55. The maximum absolute atomic E-state index is 13.9. The lowest BCUT2D eigenvalue weighted by Gasteiger charge is -2.05. The maximum Gasteiger partial charge on any atom is 0.201 e. The van der Waals surface area contributed by atoms with Gasteiger partial charge in [0.05, 0.1) is 19.0 Å². The Kier molecular flexibility index (Phi) is 7.68. The highest BCUT2D eigenvalue weighted by molar-refractivity contribution is 5.83. The van der Waals surface area contributed by atoms with Crippen LogP contribution in [0.5, 0.6) is 5.75 Å². The number of hydrogen-bond acceptors (Lipinski definition) is 3. The van der Waals surface area contributed by atoms with Crippen LogP contribution in [0.1, 0.15) is 37.0 Å². The van der Waals surface area contributed by atoms with Crippen molar-refractivity contribution in [3.8, 4) is 5.75 Å². The average molecular weight is 356 g/mol. The van der Waals surface area contributed by atoms with Gasteiger partial charge < -0.3 is 4.74 Å². The van der Waals surface area contributed by atoms with Crippen molar-refractivity contribution >= 4 is 12.4 Å². The fourth-order valence-corrected chi connectivity index (χ4v) is 2.30. The highest BCUT2D eigenvalue weighted by Crippen LogP contribution is 2.21. The Morgan fingerprint density at radius 1 is 0.962 bits per heavy atom. The van der Waals surface area contributed by atoms with Crippen molar-refractivity contribution in [3.05, 3.63) is 76.9 Å². The second kappa shape index (κ2) is 10.2. The molecule has 0 aliphatic carbocycles. The van der Waals surface area contributed by atoms with E-state index >= 15 is 0 Å². The van der Waals surface area contributed by atoms with Gasteiger partial charge in [0.1, 0.15) is 0 Å². The molecule has 0 aliphatic heterocycles. The third-order valence-corrected chi connectivity index (χ3v) is 3.66. The highest BCUT2D eigenvalue weighted by Gasteiger charge is 2.12. The van der Waals surface area contributed by atoms with Crippen LogP contribution in [0.15, 0.2) is 58.8 Å². The molecular weight excluding hydrogens is 334 g/mol. The topological polar surface area (TPSA) is 34.0 Å². The summed E-state index contributed by atoms with van der Waals surface area (Å²) in [6.45, 7) is 3.98. The number of ether oxygens (including phenoxy) is 1. The van der Waals surface area contributed by atoms with Crippen molar-refractivity contribution in [1.82, 2.24) is 0 Å². The van der Waals surface area contributed by atoms with Gasteiger partial charge in [-0.25, -0.2) is 4.39 Å². The van der Waals surface area contributed by atoms with E-state index in [4.69, 9.17) is 4.74 Å². The zero-order valence-electron chi connectivity index (χ0n) is 15.0. The molecule has 0 heterocycles. The summed E-state index contributed by atoms with van der Waals surface area (Å²) in [4.78, 5) is 0. The summed E-state index contributed by atoms with van der Waals surface area (Å²) in [6, 6.07) is 10.7. The summed E-state index contributed by atoms with van der Waals surface area (Å²) < 4.78 is 32.7.